The lowest BCUT2D eigenvalue weighted by Gasteiger charge is -2.20. The van der Waals surface area contributed by atoms with Crippen molar-refractivity contribution in [3.63, 3.8) is 0 Å². The molecule has 47 heavy (non-hydrogen) atoms. The van der Waals surface area contributed by atoms with Crippen LogP contribution < -0.4 is 14.9 Å². The maximum atomic E-state index is 6.54. The van der Waals surface area contributed by atoms with Crippen LogP contribution in [0.2, 0.25) is 0 Å². The molecule has 0 aliphatic carbocycles. The average Bonchev–Trinajstić information content (AvgIpc) is 3.69. The fraction of sp³-hybridized carbons (Fsp3) is 0. The Morgan fingerprint density at radius 1 is 0.468 bits per heavy atom. The van der Waals surface area contributed by atoms with Gasteiger partial charge < -0.3 is 4.74 Å². The zero-order valence-corrected chi connectivity index (χ0v) is 25.3. The average molecular weight is 609 g/mol. The second-order valence-corrected chi connectivity index (χ2v) is 11.4. The highest BCUT2D eigenvalue weighted by molar-refractivity contribution is 6.09. The minimum atomic E-state index is 0.702. The first-order chi connectivity index (χ1) is 23.3. The zero-order valence-electron chi connectivity index (χ0n) is 25.3. The smallest absolute Gasteiger partial charge is 0.138 e. The molecule has 0 N–H and O–H groups in total. The van der Waals surface area contributed by atoms with Crippen LogP contribution >= 0.6 is 0 Å². The summed E-state index contributed by atoms with van der Waals surface area (Å²) in [6.45, 7) is 0. The van der Waals surface area contributed by atoms with Gasteiger partial charge in [-0.25, -0.2) is 4.98 Å². The van der Waals surface area contributed by atoms with E-state index in [1.54, 1.807) is 0 Å². The maximum Gasteiger partial charge on any atom is 0.138 e. The van der Waals surface area contributed by atoms with E-state index in [-0.39, 0.29) is 0 Å². The number of ether oxygens (including phenoxy) is 1. The Morgan fingerprint density at radius 3 is 1.96 bits per heavy atom. The van der Waals surface area contributed by atoms with Crippen molar-refractivity contribution >= 4 is 44.6 Å². The normalized spacial score (nSPS) is 12.5. The van der Waals surface area contributed by atoms with Crippen molar-refractivity contribution in [1.29, 1.82) is 0 Å². The number of fused-ring (bicyclic) bond motifs is 4. The summed E-state index contributed by atoms with van der Waals surface area (Å²) in [5.74, 6) is 2.28. The van der Waals surface area contributed by atoms with Crippen LogP contribution in [0.3, 0.4) is 0 Å². The molecule has 0 atom stereocenters. The summed E-state index contributed by atoms with van der Waals surface area (Å²) >= 11 is 0. The Bertz CT molecular complexity index is 2390. The van der Waals surface area contributed by atoms with Crippen molar-refractivity contribution in [1.82, 2.24) is 9.55 Å². The van der Waals surface area contributed by atoms with Gasteiger partial charge in [-0.1, -0.05) is 84.9 Å². The third kappa shape index (κ3) is 4.76. The predicted octanol–water partition coefficient (Wildman–Crippen LogP) is 10.8. The van der Waals surface area contributed by atoms with Crippen LogP contribution in [-0.2, 0) is 4.94 Å². The van der Waals surface area contributed by atoms with Gasteiger partial charge in [0.1, 0.15) is 17.3 Å². The van der Waals surface area contributed by atoms with E-state index in [4.69, 9.17) is 14.7 Å². The number of benzene rings is 6. The van der Waals surface area contributed by atoms with E-state index < -0.39 is 0 Å². The monoisotopic (exact) mass is 608 g/mol. The Kier molecular flexibility index (Phi) is 6.44. The van der Waals surface area contributed by atoms with Gasteiger partial charge in [-0.3, -0.25) is 4.57 Å². The van der Waals surface area contributed by atoms with Crippen molar-refractivity contribution in [3.05, 3.63) is 170 Å². The van der Waals surface area contributed by atoms with Crippen LogP contribution in [0.4, 0.5) is 22.7 Å². The molecular formula is C41H28N4O2. The minimum Gasteiger partial charge on any atom is -0.457 e. The van der Waals surface area contributed by atoms with Crippen LogP contribution in [0, 0.1) is 0 Å². The van der Waals surface area contributed by atoms with Gasteiger partial charge in [0, 0.05) is 29.1 Å². The Hall–Kier alpha value is -6.37. The maximum absolute atomic E-state index is 6.54. The van der Waals surface area contributed by atoms with E-state index in [1.165, 1.54) is 0 Å². The van der Waals surface area contributed by atoms with E-state index >= 15 is 0 Å². The largest absolute Gasteiger partial charge is 0.457 e. The molecule has 1 aliphatic heterocycles. The minimum absolute atomic E-state index is 0.702. The molecule has 0 fully saturated rings. The number of para-hydroxylation sites is 4. The summed E-state index contributed by atoms with van der Waals surface area (Å²) in [6.07, 6.45) is 1.88. The van der Waals surface area contributed by atoms with E-state index in [9.17, 15) is 0 Å². The SMILES string of the molecule is c1ccc(-c2ccnc(-n3c4ccccc4c4ccc(Oc5cccc(N6ON(c7ccccc7)c7ccccc76)c5)cc43)c2)cc1. The molecule has 1 aliphatic rings. The Morgan fingerprint density at radius 2 is 1.13 bits per heavy atom. The molecule has 0 unspecified atom stereocenters. The number of rotatable bonds is 6. The molecule has 6 heteroatoms. The van der Waals surface area contributed by atoms with E-state index in [0.717, 1.165) is 67.2 Å². The van der Waals surface area contributed by atoms with Gasteiger partial charge in [0.05, 0.1) is 33.8 Å². The van der Waals surface area contributed by atoms with Crippen molar-refractivity contribution in [3.8, 4) is 28.4 Å². The van der Waals surface area contributed by atoms with E-state index in [2.05, 4.69) is 89.5 Å². The molecule has 9 rings (SSSR count). The molecule has 0 amide bonds. The summed E-state index contributed by atoms with van der Waals surface area (Å²) in [6, 6.07) is 55.5. The van der Waals surface area contributed by atoms with Crippen LogP contribution in [0.1, 0.15) is 0 Å². The number of pyridine rings is 1. The first-order valence-electron chi connectivity index (χ1n) is 15.6. The lowest BCUT2D eigenvalue weighted by molar-refractivity contribution is 0.156. The highest BCUT2D eigenvalue weighted by atomic mass is 16.8. The molecule has 0 bridgehead atoms. The molecular weight excluding hydrogens is 580 g/mol. The molecule has 6 aromatic carbocycles. The Labute approximate surface area is 271 Å². The number of anilines is 4. The summed E-state index contributed by atoms with van der Waals surface area (Å²) in [5.41, 5.74) is 8.09. The van der Waals surface area contributed by atoms with Gasteiger partial charge in [0.15, 0.2) is 0 Å². The fourth-order valence-corrected chi connectivity index (χ4v) is 6.33. The summed E-state index contributed by atoms with van der Waals surface area (Å²) in [7, 11) is 0. The van der Waals surface area contributed by atoms with Crippen LogP contribution in [0.5, 0.6) is 11.5 Å². The van der Waals surface area contributed by atoms with Crippen LogP contribution in [0.15, 0.2) is 170 Å². The van der Waals surface area contributed by atoms with Crippen LogP contribution in [-0.4, -0.2) is 9.55 Å². The van der Waals surface area contributed by atoms with E-state index in [1.807, 2.05) is 95.2 Å². The summed E-state index contributed by atoms with van der Waals surface area (Å²) in [5, 5.41) is 5.98. The van der Waals surface area contributed by atoms with Gasteiger partial charge in [-0.2, -0.15) is 10.1 Å². The lowest BCUT2D eigenvalue weighted by Crippen LogP contribution is -2.20. The molecule has 0 spiro atoms. The molecule has 2 aromatic heterocycles. The quantitative estimate of drug-likeness (QED) is 0.188. The molecule has 0 saturated carbocycles. The number of hydrogen-bond acceptors (Lipinski definition) is 5. The van der Waals surface area contributed by atoms with Gasteiger partial charge >= 0.3 is 0 Å². The van der Waals surface area contributed by atoms with E-state index in [0.29, 0.717) is 5.75 Å². The van der Waals surface area contributed by atoms with Gasteiger partial charge in [0.2, 0.25) is 0 Å². The first-order valence-corrected chi connectivity index (χ1v) is 15.6. The predicted molar refractivity (Wildman–Crippen MR) is 189 cm³/mol. The second kappa shape index (κ2) is 11.2. The third-order valence-electron chi connectivity index (χ3n) is 8.49. The van der Waals surface area contributed by atoms with Crippen molar-refractivity contribution in [2.45, 2.75) is 0 Å². The molecule has 0 saturated heterocycles. The number of hydrogen-bond donors (Lipinski definition) is 0. The number of aromatic nitrogens is 2. The van der Waals surface area contributed by atoms with Crippen LogP contribution in [0.25, 0.3) is 38.8 Å². The standard InChI is InChI=1S/C41H28N4O2/c1-3-12-29(13-4-1)30-24-25-42-41(26-30)43-37-19-8-7-18-35(37)36-23-22-34(28-40(36)43)46-33-17-11-16-32(27-33)45-39-21-10-9-20-38(39)44(47-45)31-14-5-2-6-15-31/h1-28H. The number of nitrogens with zero attached hydrogens (tertiary/aromatic N) is 4. The van der Waals surface area contributed by atoms with Crippen molar-refractivity contribution in [2.24, 2.45) is 0 Å². The van der Waals surface area contributed by atoms with Gasteiger partial charge in [0.25, 0.3) is 0 Å². The first kappa shape index (κ1) is 27.0. The molecule has 224 valence electrons. The molecule has 3 heterocycles. The molecule has 8 aromatic rings. The third-order valence-corrected chi connectivity index (χ3v) is 8.49. The molecule has 6 nitrogen and oxygen atoms in total. The summed E-state index contributed by atoms with van der Waals surface area (Å²) in [4.78, 5) is 11.2. The van der Waals surface area contributed by atoms with Gasteiger partial charge in [-0.15, -0.1) is 4.94 Å². The van der Waals surface area contributed by atoms with Gasteiger partial charge in [-0.05, 0) is 77.9 Å². The fourth-order valence-electron chi connectivity index (χ4n) is 6.33. The van der Waals surface area contributed by atoms with Crippen molar-refractivity contribution < 1.29 is 9.68 Å². The summed E-state index contributed by atoms with van der Waals surface area (Å²) < 4.78 is 8.75. The van der Waals surface area contributed by atoms with Crippen molar-refractivity contribution in [2.75, 3.05) is 10.1 Å². The highest BCUT2D eigenvalue weighted by Gasteiger charge is 2.30. The second-order valence-electron chi connectivity index (χ2n) is 11.4. The zero-order chi connectivity index (χ0) is 31.2. The Balaban J connectivity index is 1.09. The topological polar surface area (TPSA) is 42.8 Å². The highest BCUT2D eigenvalue weighted by Crippen LogP contribution is 2.45. The lowest BCUT2D eigenvalue weighted by atomic mass is 10.1. The molecule has 0 radical (unpaired) electrons.